The maximum atomic E-state index is 12.1. The molecule has 0 radical (unpaired) electrons. The van der Waals surface area contributed by atoms with Crippen LogP contribution in [0.15, 0.2) is 35.4 Å². The molecule has 1 unspecified atom stereocenters. The van der Waals surface area contributed by atoms with E-state index in [1.807, 2.05) is 12.3 Å². The number of carbonyl (C=O) groups excluding carboxylic acids is 1. The number of pyridine rings is 1. The second-order valence-corrected chi connectivity index (χ2v) is 5.36. The van der Waals surface area contributed by atoms with E-state index in [2.05, 4.69) is 20.8 Å². The molecule has 0 bridgehead atoms. The minimum absolute atomic E-state index is 0.130. The summed E-state index contributed by atoms with van der Waals surface area (Å²) in [6, 6.07) is 1.92. The lowest BCUT2D eigenvalue weighted by molar-refractivity contribution is 0.0950. The zero-order valence-corrected chi connectivity index (χ0v) is 11.7. The van der Waals surface area contributed by atoms with Crippen LogP contribution in [0.3, 0.4) is 0 Å². The van der Waals surface area contributed by atoms with E-state index in [9.17, 15) is 4.79 Å². The summed E-state index contributed by atoms with van der Waals surface area (Å²) in [5.74, 6) is 0.511. The van der Waals surface area contributed by atoms with Crippen LogP contribution in [0.5, 0.6) is 0 Å². The monoisotopic (exact) mass is 286 g/mol. The Morgan fingerprint density at radius 3 is 3.10 bits per heavy atom. The Hall–Kier alpha value is -2.21. The molecule has 0 aliphatic carbocycles. The molecule has 2 aromatic rings. The molecular formula is C15H18N4O2. The molecule has 0 spiro atoms. The minimum atomic E-state index is -0.130. The highest BCUT2D eigenvalue weighted by Crippen LogP contribution is 2.15. The van der Waals surface area contributed by atoms with Gasteiger partial charge in [-0.15, -0.1) is 0 Å². The molecule has 1 aliphatic heterocycles. The van der Waals surface area contributed by atoms with E-state index in [1.165, 1.54) is 12.7 Å². The number of nitrogens with one attached hydrogen (secondary N) is 2. The highest BCUT2D eigenvalue weighted by atomic mass is 16.5. The highest BCUT2D eigenvalue weighted by molar-refractivity contribution is 5.93. The molecule has 1 amide bonds. The third kappa shape index (κ3) is 3.66. The molecular weight excluding hydrogens is 268 g/mol. The maximum Gasteiger partial charge on any atom is 0.253 e. The van der Waals surface area contributed by atoms with Crippen LogP contribution in [-0.4, -0.2) is 29.1 Å². The van der Waals surface area contributed by atoms with Crippen LogP contribution in [-0.2, 0) is 13.0 Å². The van der Waals surface area contributed by atoms with Crippen LogP contribution in [0.2, 0.25) is 0 Å². The van der Waals surface area contributed by atoms with Crippen molar-refractivity contribution in [3.8, 4) is 0 Å². The molecule has 1 saturated heterocycles. The summed E-state index contributed by atoms with van der Waals surface area (Å²) < 4.78 is 4.73. The SMILES string of the molecule is O=C(NCc1cnoc1)c1cncc(CC2CCNC2)c1. The van der Waals surface area contributed by atoms with Gasteiger partial charge in [-0.25, -0.2) is 0 Å². The number of hydrogen-bond acceptors (Lipinski definition) is 5. The van der Waals surface area contributed by atoms with Gasteiger partial charge in [-0.3, -0.25) is 9.78 Å². The summed E-state index contributed by atoms with van der Waals surface area (Å²) in [5.41, 5.74) is 2.54. The smallest absolute Gasteiger partial charge is 0.253 e. The predicted octanol–water partition coefficient (Wildman–Crippen LogP) is 1.15. The summed E-state index contributed by atoms with van der Waals surface area (Å²) in [6.07, 6.45) is 8.69. The van der Waals surface area contributed by atoms with Crippen molar-refractivity contribution in [3.63, 3.8) is 0 Å². The van der Waals surface area contributed by atoms with E-state index in [0.717, 1.165) is 30.6 Å². The maximum absolute atomic E-state index is 12.1. The number of nitrogens with zero attached hydrogens (tertiary/aromatic N) is 2. The van der Waals surface area contributed by atoms with Gasteiger partial charge in [0.1, 0.15) is 6.26 Å². The van der Waals surface area contributed by atoms with Crippen molar-refractivity contribution >= 4 is 5.91 Å². The quantitative estimate of drug-likeness (QED) is 0.862. The molecule has 2 N–H and O–H groups in total. The standard InChI is InChI=1S/C15H18N4O2/c20-15(18-7-13-8-19-21-10-13)14-4-12(6-17-9-14)3-11-1-2-16-5-11/h4,6,8-11,16H,1-3,5,7H2,(H,18,20). The lowest BCUT2D eigenvalue weighted by Crippen LogP contribution is -2.23. The van der Waals surface area contributed by atoms with Crippen LogP contribution in [0.4, 0.5) is 0 Å². The van der Waals surface area contributed by atoms with Gasteiger partial charge < -0.3 is 15.2 Å². The molecule has 6 heteroatoms. The largest absolute Gasteiger partial charge is 0.364 e. The van der Waals surface area contributed by atoms with Gasteiger partial charge in [0.15, 0.2) is 0 Å². The van der Waals surface area contributed by atoms with E-state index in [0.29, 0.717) is 18.0 Å². The molecule has 1 aliphatic rings. The molecule has 110 valence electrons. The fraction of sp³-hybridized carbons (Fsp3) is 0.400. The Labute approximate surface area is 122 Å². The van der Waals surface area contributed by atoms with Crippen molar-refractivity contribution in [2.45, 2.75) is 19.4 Å². The molecule has 1 fully saturated rings. The van der Waals surface area contributed by atoms with Gasteiger partial charge in [-0.1, -0.05) is 5.16 Å². The van der Waals surface area contributed by atoms with Crippen molar-refractivity contribution in [3.05, 3.63) is 47.6 Å². The molecule has 3 rings (SSSR count). The Balaban J connectivity index is 1.60. The minimum Gasteiger partial charge on any atom is -0.364 e. The third-order valence-electron chi connectivity index (χ3n) is 3.68. The highest BCUT2D eigenvalue weighted by Gasteiger charge is 2.16. The normalized spacial score (nSPS) is 17.8. The predicted molar refractivity (Wildman–Crippen MR) is 76.6 cm³/mol. The first-order valence-corrected chi connectivity index (χ1v) is 7.12. The van der Waals surface area contributed by atoms with Gasteiger partial charge >= 0.3 is 0 Å². The summed E-state index contributed by atoms with van der Waals surface area (Å²) in [4.78, 5) is 16.3. The molecule has 3 heterocycles. The number of carbonyl (C=O) groups is 1. The van der Waals surface area contributed by atoms with Gasteiger partial charge in [0, 0.05) is 24.5 Å². The average molecular weight is 286 g/mol. The van der Waals surface area contributed by atoms with E-state index in [-0.39, 0.29) is 5.91 Å². The molecule has 2 aromatic heterocycles. The van der Waals surface area contributed by atoms with E-state index >= 15 is 0 Å². The Morgan fingerprint density at radius 2 is 2.33 bits per heavy atom. The van der Waals surface area contributed by atoms with Crippen LogP contribution in [0.25, 0.3) is 0 Å². The zero-order valence-electron chi connectivity index (χ0n) is 11.7. The number of aromatic nitrogens is 2. The van der Waals surface area contributed by atoms with Gasteiger partial charge in [0.05, 0.1) is 11.8 Å². The molecule has 6 nitrogen and oxygen atoms in total. The molecule has 0 aromatic carbocycles. The van der Waals surface area contributed by atoms with Gasteiger partial charge in [0.2, 0.25) is 0 Å². The van der Waals surface area contributed by atoms with E-state index in [1.54, 1.807) is 12.4 Å². The summed E-state index contributed by atoms with van der Waals surface area (Å²) in [7, 11) is 0. The molecule has 21 heavy (non-hydrogen) atoms. The Kier molecular flexibility index (Phi) is 4.25. The molecule has 0 saturated carbocycles. The second-order valence-electron chi connectivity index (χ2n) is 5.36. The average Bonchev–Trinajstić information content (AvgIpc) is 3.18. The Bertz CT molecular complexity index is 591. The second kappa shape index (κ2) is 6.49. The van der Waals surface area contributed by atoms with Crippen molar-refractivity contribution in [1.82, 2.24) is 20.8 Å². The number of hydrogen-bond donors (Lipinski definition) is 2. The van der Waals surface area contributed by atoms with Crippen molar-refractivity contribution in [1.29, 1.82) is 0 Å². The van der Waals surface area contributed by atoms with Gasteiger partial charge in [-0.2, -0.15) is 0 Å². The summed E-state index contributed by atoms with van der Waals surface area (Å²) in [5, 5.41) is 9.78. The van der Waals surface area contributed by atoms with Crippen LogP contribution in [0, 0.1) is 5.92 Å². The summed E-state index contributed by atoms with van der Waals surface area (Å²) in [6.45, 7) is 2.53. The van der Waals surface area contributed by atoms with Gasteiger partial charge in [0.25, 0.3) is 5.91 Å². The zero-order chi connectivity index (χ0) is 14.5. The Morgan fingerprint density at radius 1 is 1.38 bits per heavy atom. The fourth-order valence-corrected chi connectivity index (χ4v) is 2.54. The summed E-state index contributed by atoms with van der Waals surface area (Å²) >= 11 is 0. The first-order valence-electron chi connectivity index (χ1n) is 7.12. The number of rotatable bonds is 5. The van der Waals surface area contributed by atoms with E-state index in [4.69, 9.17) is 4.52 Å². The van der Waals surface area contributed by atoms with Crippen LogP contribution >= 0.6 is 0 Å². The van der Waals surface area contributed by atoms with Crippen LogP contribution in [0.1, 0.15) is 27.9 Å². The van der Waals surface area contributed by atoms with Gasteiger partial charge in [-0.05, 0) is 43.5 Å². The fourth-order valence-electron chi connectivity index (χ4n) is 2.54. The number of amides is 1. The lowest BCUT2D eigenvalue weighted by Gasteiger charge is -2.09. The van der Waals surface area contributed by atoms with Crippen molar-refractivity contribution in [2.24, 2.45) is 5.92 Å². The first kappa shape index (κ1) is 13.8. The molecule has 1 atom stereocenters. The topological polar surface area (TPSA) is 80.1 Å². The van der Waals surface area contributed by atoms with E-state index < -0.39 is 0 Å². The first-order chi connectivity index (χ1) is 10.3. The van der Waals surface area contributed by atoms with Crippen molar-refractivity contribution < 1.29 is 9.32 Å². The lowest BCUT2D eigenvalue weighted by atomic mass is 9.99. The van der Waals surface area contributed by atoms with Crippen molar-refractivity contribution in [2.75, 3.05) is 13.1 Å². The van der Waals surface area contributed by atoms with Crippen LogP contribution < -0.4 is 10.6 Å². The third-order valence-corrected chi connectivity index (χ3v) is 3.68.